The molecule has 1 aromatic rings. The Labute approximate surface area is 157 Å². The second-order valence-electron chi connectivity index (χ2n) is 7.32. The van der Waals surface area contributed by atoms with Gasteiger partial charge in [0.2, 0.25) is 10.0 Å². The number of benzene rings is 1. The number of ether oxygens (including phenoxy) is 2. The molecule has 0 saturated carbocycles. The third-order valence-electron chi connectivity index (χ3n) is 3.87. The molecule has 0 bridgehead atoms. The van der Waals surface area contributed by atoms with Crippen LogP contribution in [0, 0.1) is 16.0 Å². The largest absolute Gasteiger partial charge is 0.486 e. The molecule has 2 N–H and O–H groups in total. The molecule has 1 atom stereocenters. The van der Waals surface area contributed by atoms with E-state index in [9.17, 15) is 23.3 Å². The molecule has 0 aliphatic carbocycles. The van der Waals surface area contributed by atoms with Gasteiger partial charge in [0.25, 0.3) is 0 Å². The predicted molar refractivity (Wildman–Crippen MR) is 95.9 cm³/mol. The van der Waals surface area contributed by atoms with Crippen LogP contribution in [0.5, 0.6) is 5.75 Å². The van der Waals surface area contributed by atoms with Gasteiger partial charge < -0.3 is 14.4 Å². The van der Waals surface area contributed by atoms with Crippen molar-refractivity contribution in [3.63, 3.8) is 0 Å². The molecule has 1 heterocycles. The maximum atomic E-state index is 12.1. The highest BCUT2D eigenvalue weighted by molar-refractivity contribution is 7.89. The summed E-state index contributed by atoms with van der Waals surface area (Å²) in [5.41, 5.74) is -1.07. The minimum absolute atomic E-state index is 0.0185. The number of likely N-dealkylation sites (tertiary alicyclic amines) is 1. The van der Waals surface area contributed by atoms with E-state index < -0.39 is 32.3 Å². The maximum Gasteiger partial charge on any atom is 0.410 e. The Morgan fingerprint density at radius 2 is 2.07 bits per heavy atom. The molecule has 2 rings (SSSR count). The van der Waals surface area contributed by atoms with Crippen LogP contribution in [0.15, 0.2) is 23.1 Å². The average Bonchev–Trinajstić information content (AvgIpc) is 2.99. The van der Waals surface area contributed by atoms with E-state index in [0.717, 1.165) is 12.1 Å². The number of amides is 1. The molecular weight excluding hydrogens is 378 g/mol. The number of hydrogen-bond donors (Lipinski definition) is 1. The van der Waals surface area contributed by atoms with E-state index in [1.165, 1.54) is 6.07 Å². The van der Waals surface area contributed by atoms with Gasteiger partial charge in [-0.3, -0.25) is 10.1 Å². The van der Waals surface area contributed by atoms with Crippen molar-refractivity contribution in [1.82, 2.24) is 4.90 Å². The molecule has 0 radical (unpaired) electrons. The van der Waals surface area contributed by atoms with Crippen LogP contribution in [-0.4, -0.2) is 49.6 Å². The average molecular weight is 401 g/mol. The highest BCUT2D eigenvalue weighted by Gasteiger charge is 2.30. The van der Waals surface area contributed by atoms with Gasteiger partial charge in [-0.15, -0.1) is 0 Å². The number of primary sulfonamides is 1. The molecule has 27 heavy (non-hydrogen) atoms. The van der Waals surface area contributed by atoms with E-state index in [4.69, 9.17) is 14.6 Å². The zero-order valence-corrected chi connectivity index (χ0v) is 16.2. The van der Waals surface area contributed by atoms with Crippen LogP contribution in [0.25, 0.3) is 0 Å². The second kappa shape index (κ2) is 7.69. The number of nitrogens with zero attached hydrogens (tertiary/aromatic N) is 2. The first-order valence-corrected chi connectivity index (χ1v) is 9.83. The van der Waals surface area contributed by atoms with E-state index in [2.05, 4.69) is 0 Å². The maximum absolute atomic E-state index is 12.1. The summed E-state index contributed by atoms with van der Waals surface area (Å²) >= 11 is 0. The monoisotopic (exact) mass is 401 g/mol. The standard InChI is InChI=1S/C16H23N3O7S/c1-16(2,3)26-15(20)18-7-6-11(9-18)10-25-14-5-4-12(27(17,23)24)8-13(14)19(21)22/h4-5,8,11H,6-7,9-10H2,1-3H3,(H2,17,23,24). The molecule has 1 aromatic carbocycles. The van der Waals surface area contributed by atoms with Crippen LogP contribution in [-0.2, 0) is 14.8 Å². The molecule has 0 aromatic heterocycles. The lowest BCUT2D eigenvalue weighted by Gasteiger charge is -2.24. The number of carbonyl (C=O) groups excluding carboxylic acids is 1. The Bertz CT molecular complexity index is 833. The fourth-order valence-electron chi connectivity index (χ4n) is 2.61. The Morgan fingerprint density at radius 3 is 2.63 bits per heavy atom. The van der Waals surface area contributed by atoms with Gasteiger partial charge in [-0.1, -0.05) is 0 Å². The van der Waals surface area contributed by atoms with E-state index >= 15 is 0 Å². The first-order valence-electron chi connectivity index (χ1n) is 8.29. The van der Waals surface area contributed by atoms with Crippen molar-refractivity contribution < 1.29 is 27.6 Å². The van der Waals surface area contributed by atoms with Crippen molar-refractivity contribution in [3.05, 3.63) is 28.3 Å². The number of hydrogen-bond acceptors (Lipinski definition) is 7. The number of sulfonamides is 1. The van der Waals surface area contributed by atoms with Crippen molar-refractivity contribution in [3.8, 4) is 5.75 Å². The summed E-state index contributed by atoms with van der Waals surface area (Å²) in [6.07, 6.45) is 0.260. The van der Waals surface area contributed by atoms with Crippen LogP contribution >= 0.6 is 0 Å². The third-order valence-corrected chi connectivity index (χ3v) is 4.78. The summed E-state index contributed by atoms with van der Waals surface area (Å²) in [4.78, 5) is 23.7. The fraction of sp³-hybridized carbons (Fsp3) is 0.562. The van der Waals surface area contributed by atoms with Crippen LogP contribution in [0.1, 0.15) is 27.2 Å². The van der Waals surface area contributed by atoms with Crippen molar-refractivity contribution in [1.29, 1.82) is 0 Å². The summed E-state index contributed by atoms with van der Waals surface area (Å²) in [6, 6.07) is 3.23. The Kier molecular flexibility index (Phi) is 5.95. The smallest absolute Gasteiger partial charge is 0.410 e. The van der Waals surface area contributed by atoms with E-state index in [-0.39, 0.29) is 23.2 Å². The lowest BCUT2D eigenvalue weighted by atomic mass is 10.1. The summed E-state index contributed by atoms with van der Waals surface area (Å²) in [5, 5.41) is 16.2. The number of nitrogens with two attached hydrogens (primary N) is 1. The van der Waals surface area contributed by atoms with Gasteiger partial charge in [-0.05, 0) is 39.3 Å². The van der Waals surface area contributed by atoms with Crippen LogP contribution in [0.3, 0.4) is 0 Å². The highest BCUT2D eigenvalue weighted by atomic mass is 32.2. The summed E-state index contributed by atoms with van der Waals surface area (Å²) in [7, 11) is -4.06. The van der Waals surface area contributed by atoms with Gasteiger partial charge >= 0.3 is 11.8 Å². The second-order valence-corrected chi connectivity index (χ2v) is 8.89. The van der Waals surface area contributed by atoms with Gasteiger partial charge in [-0.25, -0.2) is 18.4 Å². The fourth-order valence-corrected chi connectivity index (χ4v) is 3.14. The van der Waals surface area contributed by atoms with Gasteiger partial charge in [0.1, 0.15) is 5.60 Å². The van der Waals surface area contributed by atoms with Gasteiger partial charge in [0.15, 0.2) is 5.75 Å². The first kappa shape index (κ1) is 20.9. The summed E-state index contributed by atoms with van der Waals surface area (Å²) in [6.45, 7) is 6.42. The molecule has 1 aliphatic rings. The van der Waals surface area contributed by atoms with Gasteiger partial charge in [-0.2, -0.15) is 0 Å². The van der Waals surface area contributed by atoms with E-state index in [1.807, 2.05) is 0 Å². The van der Waals surface area contributed by atoms with Gasteiger partial charge in [0.05, 0.1) is 16.4 Å². The van der Waals surface area contributed by atoms with Crippen molar-refractivity contribution in [2.45, 2.75) is 37.7 Å². The predicted octanol–water partition coefficient (Wildman–Crippen LogP) is 1.88. The van der Waals surface area contributed by atoms with E-state index in [0.29, 0.717) is 19.5 Å². The lowest BCUT2D eigenvalue weighted by Crippen LogP contribution is -2.35. The zero-order valence-electron chi connectivity index (χ0n) is 15.4. The summed E-state index contributed by atoms with van der Waals surface area (Å²) in [5.74, 6) is -0.0711. The third kappa shape index (κ3) is 5.79. The van der Waals surface area contributed by atoms with E-state index in [1.54, 1.807) is 25.7 Å². The molecule has 1 unspecified atom stereocenters. The van der Waals surface area contributed by atoms with Gasteiger partial charge in [0, 0.05) is 25.1 Å². The molecular formula is C16H23N3O7S. The molecule has 1 aliphatic heterocycles. The number of nitro groups is 1. The molecule has 150 valence electrons. The minimum atomic E-state index is -4.06. The van der Waals surface area contributed by atoms with Crippen molar-refractivity contribution in [2.75, 3.05) is 19.7 Å². The lowest BCUT2D eigenvalue weighted by molar-refractivity contribution is -0.386. The molecule has 1 saturated heterocycles. The van der Waals surface area contributed by atoms with Crippen molar-refractivity contribution >= 4 is 21.8 Å². The zero-order chi connectivity index (χ0) is 20.4. The Hall–Kier alpha value is -2.40. The number of rotatable bonds is 5. The molecule has 1 amide bonds. The molecule has 1 fully saturated rings. The first-order chi connectivity index (χ1) is 12.4. The minimum Gasteiger partial charge on any atom is -0.486 e. The highest BCUT2D eigenvalue weighted by Crippen LogP contribution is 2.30. The number of carbonyl (C=O) groups is 1. The molecule has 0 spiro atoms. The molecule has 10 nitrogen and oxygen atoms in total. The number of nitro benzene ring substituents is 1. The normalized spacial score (nSPS) is 17.6. The van der Waals surface area contributed by atoms with Crippen LogP contribution in [0.4, 0.5) is 10.5 Å². The van der Waals surface area contributed by atoms with Crippen LogP contribution < -0.4 is 9.88 Å². The summed E-state index contributed by atoms with van der Waals surface area (Å²) < 4.78 is 33.5. The quantitative estimate of drug-likeness (QED) is 0.586. The van der Waals surface area contributed by atoms with Crippen molar-refractivity contribution in [2.24, 2.45) is 11.1 Å². The topological polar surface area (TPSA) is 142 Å². The Morgan fingerprint density at radius 1 is 1.41 bits per heavy atom. The Balaban J connectivity index is 2.01. The SMILES string of the molecule is CC(C)(C)OC(=O)N1CCC(COc2ccc(S(N)(=O)=O)cc2[N+](=O)[O-])C1. The molecule has 11 heteroatoms. The van der Waals surface area contributed by atoms with Crippen LogP contribution in [0.2, 0.25) is 0 Å².